The van der Waals surface area contributed by atoms with Crippen LogP contribution in [-0.4, -0.2) is 34.8 Å². The van der Waals surface area contributed by atoms with Crippen molar-refractivity contribution in [2.75, 3.05) is 13.1 Å². The standard InChI is InChI=1S/C10H15N5O/c1-9(8-15-6-2-4-14-15)13-7-10(16)12-5-3-11/h2,4,6,9,13H,5,7-8H2,1H3,(H,12,16). The summed E-state index contributed by atoms with van der Waals surface area (Å²) in [7, 11) is 0. The van der Waals surface area contributed by atoms with Crippen LogP contribution in [0, 0.1) is 11.3 Å². The van der Waals surface area contributed by atoms with Crippen molar-refractivity contribution in [2.24, 2.45) is 0 Å². The molecule has 1 aromatic heterocycles. The third-order valence-corrected chi connectivity index (χ3v) is 2.00. The summed E-state index contributed by atoms with van der Waals surface area (Å²) in [6.07, 6.45) is 3.58. The number of rotatable bonds is 6. The van der Waals surface area contributed by atoms with Gasteiger partial charge in [0.15, 0.2) is 0 Å². The monoisotopic (exact) mass is 221 g/mol. The zero-order valence-electron chi connectivity index (χ0n) is 9.18. The minimum Gasteiger partial charge on any atom is -0.342 e. The van der Waals surface area contributed by atoms with Crippen LogP contribution in [0.4, 0.5) is 0 Å². The molecule has 0 saturated heterocycles. The van der Waals surface area contributed by atoms with Crippen LogP contribution in [0.1, 0.15) is 6.92 Å². The average molecular weight is 221 g/mol. The summed E-state index contributed by atoms with van der Waals surface area (Å²) >= 11 is 0. The molecule has 1 atom stereocenters. The smallest absolute Gasteiger partial charge is 0.234 e. The van der Waals surface area contributed by atoms with Crippen LogP contribution < -0.4 is 10.6 Å². The number of nitrogens with zero attached hydrogens (tertiary/aromatic N) is 3. The highest BCUT2D eigenvalue weighted by molar-refractivity contribution is 5.78. The van der Waals surface area contributed by atoms with Gasteiger partial charge < -0.3 is 10.6 Å². The van der Waals surface area contributed by atoms with Gasteiger partial charge in [-0.2, -0.15) is 10.4 Å². The van der Waals surface area contributed by atoms with Gasteiger partial charge in [-0.05, 0) is 13.0 Å². The van der Waals surface area contributed by atoms with Crippen LogP contribution in [-0.2, 0) is 11.3 Å². The molecule has 0 aliphatic carbocycles. The Morgan fingerprint density at radius 3 is 3.12 bits per heavy atom. The third-order valence-electron chi connectivity index (χ3n) is 2.00. The SMILES string of the molecule is CC(Cn1cccn1)NCC(=O)NCC#N. The Kier molecular flexibility index (Phi) is 5.02. The summed E-state index contributed by atoms with van der Waals surface area (Å²) in [6.45, 7) is 2.94. The van der Waals surface area contributed by atoms with E-state index in [0.29, 0.717) is 6.54 Å². The normalized spacial score (nSPS) is 11.8. The number of nitriles is 1. The van der Waals surface area contributed by atoms with E-state index in [2.05, 4.69) is 15.7 Å². The van der Waals surface area contributed by atoms with E-state index in [0.717, 1.165) is 0 Å². The van der Waals surface area contributed by atoms with E-state index in [1.54, 1.807) is 10.9 Å². The van der Waals surface area contributed by atoms with E-state index >= 15 is 0 Å². The topological polar surface area (TPSA) is 82.7 Å². The van der Waals surface area contributed by atoms with Gasteiger partial charge in [0.25, 0.3) is 0 Å². The second kappa shape index (κ2) is 6.58. The van der Waals surface area contributed by atoms with E-state index in [9.17, 15) is 4.79 Å². The van der Waals surface area contributed by atoms with Crippen molar-refractivity contribution < 1.29 is 4.79 Å². The number of carbonyl (C=O) groups is 1. The molecule has 0 aliphatic heterocycles. The molecule has 86 valence electrons. The summed E-state index contributed by atoms with van der Waals surface area (Å²) in [5.74, 6) is -0.172. The van der Waals surface area contributed by atoms with Crippen molar-refractivity contribution in [1.82, 2.24) is 20.4 Å². The predicted octanol–water partition coefficient (Wildman–Crippen LogP) is -0.499. The van der Waals surface area contributed by atoms with Crippen LogP contribution in [0.2, 0.25) is 0 Å². The van der Waals surface area contributed by atoms with Gasteiger partial charge in [0.1, 0.15) is 6.54 Å². The second-order valence-electron chi connectivity index (χ2n) is 3.44. The molecule has 1 heterocycles. The Morgan fingerprint density at radius 2 is 2.50 bits per heavy atom. The molecule has 0 saturated carbocycles. The fourth-order valence-electron chi connectivity index (χ4n) is 1.22. The molecule has 1 amide bonds. The van der Waals surface area contributed by atoms with E-state index in [1.807, 2.05) is 25.3 Å². The Labute approximate surface area is 94.2 Å². The highest BCUT2D eigenvalue weighted by atomic mass is 16.1. The lowest BCUT2D eigenvalue weighted by molar-refractivity contribution is -0.120. The lowest BCUT2D eigenvalue weighted by Crippen LogP contribution is -2.39. The van der Waals surface area contributed by atoms with E-state index in [-0.39, 0.29) is 25.0 Å². The first-order chi connectivity index (χ1) is 7.72. The quantitative estimate of drug-likeness (QED) is 0.634. The Hall–Kier alpha value is -1.87. The largest absolute Gasteiger partial charge is 0.342 e. The van der Waals surface area contributed by atoms with Crippen LogP contribution in [0.5, 0.6) is 0 Å². The van der Waals surface area contributed by atoms with Crippen molar-refractivity contribution in [3.8, 4) is 6.07 Å². The third kappa shape index (κ3) is 4.57. The number of aromatic nitrogens is 2. The average Bonchev–Trinajstić information content (AvgIpc) is 2.76. The summed E-state index contributed by atoms with van der Waals surface area (Å²) in [4.78, 5) is 11.2. The fraction of sp³-hybridized carbons (Fsp3) is 0.500. The lowest BCUT2D eigenvalue weighted by Gasteiger charge is -2.13. The molecular formula is C10H15N5O. The summed E-state index contributed by atoms with van der Waals surface area (Å²) in [6, 6.07) is 3.85. The lowest BCUT2D eigenvalue weighted by atomic mass is 10.3. The number of hydrogen-bond donors (Lipinski definition) is 2. The van der Waals surface area contributed by atoms with E-state index in [4.69, 9.17) is 5.26 Å². The van der Waals surface area contributed by atoms with Crippen LogP contribution in [0.25, 0.3) is 0 Å². The fourth-order valence-corrected chi connectivity index (χ4v) is 1.22. The predicted molar refractivity (Wildman–Crippen MR) is 58.3 cm³/mol. The Balaban J connectivity index is 2.18. The van der Waals surface area contributed by atoms with Crippen molar-refractivity contribution >= 4 is 5.91 Å². The molecule has 0 aromatic carbocycles. The summed E-state index contributed by atoms with van der Waals surface area (Å²) < 4.78 is 1.80. The maximum Gasteiger partial charge on any atom is 0.234 e. The molecule has 1 rings (SSSR count). The Morgan fingerprint density at radius 1 is 1.69 bits per heavy atom. The molecule has 2 N–H and O–H groups in total. The highest BCUT2D eigenvalue weighted by Crippen LogP contribution is 1.89. The van der Waals surface area contributed by atoms with Gasteiger partial charge in [-0.3, -0.25) is 9.48 Å². The van der Waals surface area contributed by atoms with Crippen molar-refractivity contribution in [3.05, 3.63) is 18.5 Å². The zero-order valence-corrected chi connectivity index (χ0v) is 9.18. The maximum atomic E-state index is 11.2. The molecule has 0 bridgehead atoms. The first-order valence-corrected chi connectivity index (χ1v) is 5.07. The maximum absolute atomic E-state index is 11.2. The zero-order chi connectivity index (χ0) is 11.8. The van der Waals surface area contributed by atoms with Crippen molar-refractivity contribution in [3.63, 3.8) is 0 Å². The van der Waals surface area contributed by atoms with Gasteiger partial charge >= 0.3 is 0 Å². The number of hydrogen-bond acceptors (Lipinski definition) is 4. The van der Waals surface area contributed by atoms with Gasteiger partial charge in [0, 0.05) is 18.4 Å². The van der Waals surface area contributed by atoms with Crippen molar-refractivity contribution in [1.29, 1.82) is 5.26 Å². The molecule has 1 aromatic rings. The summed E-state index contributed by atoms with van der Waals surface area (Å²) in [5, 5.41) is 17.8. The molecule has 0 radical (unpaired) electrons. The first kappa shape index (κ1) is 12.2. The van der Waals surface area contributed by atoms with Gasteiger partial charge in [0.05, 0.1) is 19.2 Å². The highest BCUT2D eigenvalue weighted by Gasteiger charge is 2.05. The molecule has 0 spiro atoms. The minimum absolute atomic E-state index is 0.0497. The summed E-state index contributed by atoms with van der Waals surface area (Å²) in [5.41, 5.74) is 0. The molecule has 0 aliphatic rings. The van der Waals surface area contributed by atoms with Gasteiger partial charge in [-0.25, -0.2) is 0 Å². The van der Waals surface area contributed by atoms with Crippen molar-refractivity contribution in [2.45, 2.75) is 19.5 Å². The molecular weight excluding hydrogens is 206 g/mol. The van der Waals surface area contributed by atoms with E-state index in [1.165, 1.54) is 0 Å². The minimum atomic E-state index is -0.172. The Bertz CT molecular complexity index is 354. The van der Waals surface area contributed by atoms with Gasteiger partial charge in [0.2, 0.25) is 5.91 Å². The van der Waals surface area contributed by atoms with Gasteiger partial charge in [-0.15, -0.1) is 0 Å². The van der Waals surface area contributed by atoms with E-state index < -0.39 is 0 Å². The molecule has 1 unspecified atom stereocenters. The first-order valence-electron chi connectivity index (χ1n) is 5.07. The van der Waals surface area contributed by atoms with Gasteiger partial charge in [-0.1, -0.05) is 0 Å². The van der Waals surface area contributed by atoms with Crippen LogP contribution in [0.15, 0.2) is 18.5 Å². The molecule has 0 fully saturated rings. The second-order valence-corrected chi connectivity index (χ2v) is 3.44. The molecule has 6 heteroatoms. The number of carbonyl (C=O) groups excluding carboxylic acids is 1. The molecule has 16 heavy (non-hydrogen) atoms. The molecule has 6 nitrogen and oxygen atoms in total. The van der Waals surface area contributed by atoms with Crippen LogP contribution >= 0.6 is 0 Å². The number of nitrogens with one attached hydrogen (secondary N) is 2. The number of amides is 1. The van der Waals surface area contributed by atoms with Crippen LogP contribution in [0.3, 0.4) is 0 Å².